The van der Waals surface area contributed by atoms with Gasteiger partial charge in [-0.15, -0.1) is 0 Å². The highest BCUT2D eigenvalue weighted by atomic mass is 16.5. The smallest absolute Gasteiger partial charge is 0.243 e. The molecule has 3 nitrogen and oxygen atoms in total. The minimum absolute atomic E-state index is 0.0267. The van der Waals surface area contributed by atoms with Gasteiger partial charge >= 0.3 is 0 Å². The van der Waals surface area contributed by atoms with E-state index in [4.69, 9.17) is 4.74 Å². The van der Waals surface area contributed by atoms with Crippen LogP contribution in [-0.2, 0) is 4.79 Å². The van der Waals surface area contributed by atoms with Gasteiger partial charge < -0.3 is 10.1 Å². The third kappa shape index (κ3) is 3.42. The number of hydrogen-bond donors (Lipinski definition) is 1. The maximum absolute atomic E-state index is 11.1. The number of benzene rings is 1. The monoisotopic (exact) mass is 219 g/mol. The van der Waals surface area contributed by atoms with E-state index in [0.717, 1.165) is 11.3 Å². The maximum atomic E-state index is 11.1. The molecule has 0 bridgehead atoms. The van der Waals surface area contributed by atoms with Crippen molar-refractivity contribution in [2.45, 2.75) is 19.9 Å². The molecule has 86 valence electrons. The van der Waals surface area contributed by atoms with Crippen molar-refractivity contribution < 1.29 is 9.53 Å². The van der Waals surface area contributed by atoms with Crippen LogP contribution in [0.1, 0.15) is 25.5 Å². The Morgan fingerprint density at radius 2 is 2.12 bits per heavy atom. The standard InChI is InChI=1S/C13H17NO2/c1-4-13(15)14-10(3)11-6-8-12(9-7-11)16-5-2/h4,6-10H,1,5H2,2-3H3,(H,14,15)/t10-/m1/s1. The number of rotatable bonds is 5. The molecule has 16 heavy (non-hydrogen) atoms. The van der Waals surface area contributed by atoms with E-state index >= 15 is 0 Å². The van der Waals surface area contributed by atoms with Gasteiger partial charge in [-0.3, -0.25) is 4.79 Å². The Morgan fingerprint density at radius 3 is 2.62 bits per heavy atom. The fraction of sp³-hybridized carbons (Fsp3) is 0.308. The van der Waals surface area contributed by atoms with Crippen molar-refractivity contribution in [2.24, 2.45) is 0 Å². The second kappa shape index (κ2) is 5.95. The highest BCUT2D eigenvalue weighted by molar-refractivity contribution is 5.87. The zero-order valence-electron chi connectivity index (χ0n) is 9.69. The van der Waals surface area contributed by atoms with Crippen molar-refractivity contribution in [3.8, 4) is 5.75 Å². The van der Waals surface area contributed by atoms with Gasteiger partial charge in [0.1, 0.15) is 5.75 Å². The first-order valence-electron chi connectivity index (χ1n) is 5.33. The van der Waals surface area contributed by atoms with Crippen LogP contribution >= 0.6 is 0 Å². The van der Waals surface area contributed by atoms with Gasteiger partial charge in [0.25, 0.3) is 0 Å². The average molecular weight is 219 g/mol. The highest BCUT2D eigenvalue weighted by Crippen LogP contribution is 2.17. The molecular weight excluding hydrogens is 202 g/mol. The summed E-state index contributed by atoms with van der Waals surface area (Å²) in [5, 5.41) is 2.80. The average Bonchev–Trinajstić information content (AvgIpc) is 2.30. The van der Waals surface area contributed by atoms with Crippen molar-refractivity contribution in [3.63, 3.8) is 0 Å². The number of ether oxygens (including phenoxy) is 1. The molecule has 0 heterocycles. The molecule has 0 spiro atoms. The Labute approximate surface area is 96.1 Å². The van der Waals surface area contributed by atoms with Gasteiger partial charge in [-0.2, -0.15) is 0 Å². The topological polar surface area (TPSA) is 38.3 Å². The summed E-state index contributed by atoms with van der Waals surface area (Å²) in [6, 6.07) is 7.66. The molecule has 0 aromatic heterocycles. The minimum atomic E-state index is -0.165. The molecule has 0 aliphatic rings. The second-order valence-electron chi connectivity index (χ2n) is 3.44. The second-order valence-corrected chi connectivity index (χ2v) is 3.44. The molecule has 0 aliphatic carbocycles. The van der Waals surface area contributed by atoms with Gasteiger partial charge in [0.2, 0.25) is 5.91 Å². The lowest BCUT2D eigenvalue weighted by Gasteiger charge is -2.13. The van der Waals surface area contributed by atoms with Crippen LogP contribution < -0.4 is 10.1 Å². The van der Waals surface area contributed by atoms with Crippen LogP contribution in [0.15, 0.2) is 36.9 Å². The predicted octanol–water partition coefficient (Wildman–Crippen LogP) is 2.45. The van der Waals surface area contributed by atoms with Gasteiger partial charge in [-0.25, -0.2) is 0 Å². The molecule has 1 rings (SSSR count). The van der Waals surface area contributed by atoms with Gasteiger partial charge in [-0.1, -0.05) is 18.7 Å². The third-order valence-corrected chi connectivity index (χ3v) is 2.24. The number of carbonyl (C=O) groups is 1. The van der Waals surface area contributed by atoms with E-state index in [0.29, 0.717) is 6.61 Å². The van der Waals surface area contributed by atoms with Crippen molar-refractivity contribution in [1.82, 2.24) is 5.32 Å². The first kappa shape index (κ1) is 12.3. The number of amides is 1. The van der Waals surface area contributed by atoms with Gasteiger partial charge in [-0.05, 0) is 37.6 Å². The summed E-state index contributed by atoms with van der Waals surface area (Å²) in [7, 11) is 0. The van der Waals surface area contributed by atoms with E-state index in [1.807, 2.05) is 38.1 Å². The lowest BCUT2D eigenvalue weighted by atomic mass is 10.1. The first-order valence-corrected chi connectivity index (χ1v) is 5.33. The van der Waals surface area contributed by atoms with Crippen molar-refractivity contribution >= 4 is 5.91 Å². The lowest BCUT2D eigenvalue weighted by molar-refractivity contribution is -0.117. The quantitative estimate of drug-likeness (QED) is 0.772. The molecule has 1 atom stereocenters. The summed E-state index contributed by atoms with van der Waals surface area (Å²) in [6.07, 6.45) is 1.27. The van der Waals surface area contributed by atoms with Gasteiger partial charge in [0.05, 0.1) is 12.6 Å². The van der Waals surface area contributed by atoms with Crippen LogP contribution in [0, 0.1) is 0 Å². The number of hydrogen-bond acceptors (Lipinski definition) is 2. The molecule has 3 heteroatoms. The van der Waals surface area contributed by atoms with Crippen molar-refractivity contribution in [3.05, 3.63) is 42.5 Å². The van der Waals surface area contributed by atoms with E-state index in [1.54, 1.807) is 0 Å². The largest absolute Gasteiger partial charge is 0.494 e. The number of nitrogens with one attached hydrogen (secondary N) is 1. The van der Waals surface area contributed by atoms with Crippen LogP contribution in [0.2, 0.25) is 0 Å². The highest BCUT2D eigenvalue weighted by Gasteiger charge is 2.06. The Morgan fingerprint density at radius 1 is 1.50 bits per heavy atom. The molecule has 0 radical (unpaired) electrons. The summed E-state index contributed by atoms with van der Waals surface area (Å²) in [5.41, 5.74) is 1.04. The van der Waals surface area contributed by atoms with E-state index in [-0.39, 0.29) is 11.9 Å². The Bertz CT molecular complexity index is 357. The van der Waals surface area contributed by atoms with Crippen LogP contribution in [0.4, 0.5) is 0 Å². The molecule has 0 saturated carbocycles. The van der Waals surface area contributed by atoms with Crippen LogP contribution in [0.5, 0.6) is 5.75 Å². The molecule has 0 fully saturated rings. The zero-order valence-corrected chi connectivity index (χ0v) is 9.69. The van der Waals surface area contributed by atoms with E-state index in [9.17, 15) is 4.79 Å². The molecule has 1 aromatic carbocycles. The molecule has 1 amide bonds. The molecule has 0 saturated heterocycles. The van der Waals surface area contributed by atoms with E-state index in [2.05, 4.69) is 11.9 Å². The fourth-order valence-corrected chi connectivity index (χ4v) is 1.38. The number of carbonyl (C=O) groups excluding carboxylic acids is 1. The van der Waals surface area contributed by atoms with Crippen molar-refractivity contribution in [1.29, 1.82) is 0 Å². The Kier molecular flexibility index (Phi) is 4.58. The Hall–Kier alpha value is -1.77. The van der Waals surface area contributed by atoms with E-state index < -0.39 is 0 Å². The molecule has 1 N–H and O–H groups in total. The maximum Gasteiger partial charge on any atom is 0.243 e. The van der Waals surface area contributed by atoms with Crippen molar-refractivity contribution in [2.75, 3.05) is 6.61 Å². The van der Waals surface area contributed by atoms with Crippen LogP contribution in [0.3, 0.4) is 0 Å². The predicted molar refractivity (Wildman–Crippen MR) is 64.4 cm³/mol. The summed E-state index contributed by atoms with van der Waals surface area (Å²) in [4.78, 5) is 11.1. The summed E-state index contributed by atoms with van der Waals surface area (Å²) in [5.74, 6) is 0.676. The summed E-state index contributed by atoms with van der Waals surface area (Å²) >= 11 is 0. The van der Waals surface area contributed by atoms with E-state index in [1.165, 1.54) is 6.08 Å². The normalized spacial score (nSPS) is 11.6. The zero-order chi connectivity index (χ0) is 12.0. The van der Waals surface area contributed by atoms with Crippen LogP contribution in [-0.4, -0.2) is 12.5 Å². The fourth-order valence-electron chi connectivity index (χ4n) is 1.38. The molecular formula is C13H17NO2. The Balaban J connectivity index is 2.65. The minimum Gasteiger partial charge on any atom is -0.494 e. The summed E-state index contributed by atoms with van der Waals surface area (Å²) in [6.45, 7) is 7.94. The molecule has 0 aliphatic heterocycles. The SMILES string of the molecule is C=CC(=O)N[C@H](C)c1ccc(OCC)cc1. The molecule has 1 aromatic rings. The van der Waals surface area contributed by atoms with Gasteiger partial charge in [0, 0.05) is 0 Å². The first-order chi connectivity index (χ1) is 7.67. The van der Waals surface area contributed by atoms with Crippen LogP contribution in [0.25, 0.3) is 0 Å². The molecule has 0 unspecified atom stereocenters. The third-order valence-electron chi connectivity index (χ3n) is 2.24. The lowest BCUT2D eigenvalue weighted by Crippen LogP contribution is -2.24. The summed E-state index contributed by atoms with van der Waals surface area (Å²) < 4.78 is 5.34. The van der Waals surface area contributed by atoms with Gasteiger partial charge in [0.15, 0.2) is 0 Å².